The lowest BCUT2D eigenvalue weighted by Crippen LogP contribution is -2.21. The Kier molecular flexibility index (Phi) is 7.11. The molecule has 4 rings (SSSR count). The maximum Gasteiger partial charge on any atom is 0.250 e. The van der Waals surface area contributed by atoms with Gasteiger partial charge in [0.1, 0.15) is 5.82 Å². The molecule has 0 unspecified atom stereocenters. The number of rotatable bonds is 7. The van der Waals surface area contributed by atoms with Crippen LogP contribution < -0.4 is 5.43 Å². The van der Waals surface area contributed by atoms with Crippen LogP contribution in [0.3, 0.4) is 0 Å². The van der Waals surface area contributed by atoms with Crippen LogP contribution in [0.2, 0.25) is 5.02 Å². The number of benzene rings is 2. The molecular formula is C23H18ClFN6OS. The van der Waals surface area contributed by atoms with E-state index in [-0.39, 0.29) is 17.5 Å². The van der Waals surface area contributed by atoms with Gasteiger partial charge >= 0.3 is 0 Å². The summed E-state index contributed by atoms with van der Waals surface area (Å²) in [5.41, 5.74) is 5.45. The number of carbonyl (C=O) groups excluding carboxylic acids is 1. The fourth-order valence-corrected chi connectivity index (χ4v) is 3.81. The van der Waals surface area contributed by atoms with Crippen molar-refractivity contribution in [3.05, 3.63) is 89.5 Å². The fraction of sp³-hybridized carbons (Fsp3) is 0.0870. The fourth-order valence-electron chi connectivity index (χ4n) is 2.94. The smallest absolute Gasteiger partial charge is 0.250 e. The molecule has 166 valence electrons. The van der Waals surface area contributed by atoms with E-state index >= 15 is 0 Å². The highest BCUT2D eigenvalue weighted by Crippen LogP contribution is 2.28. The van der Waals surface area contributed by atoms with Crippen molar-refractivity contribution in [2.24, 2.45) is 5.10 Å². The molecule has 0 aliphatic carbocycles. The van der Waals surface area contributed by atoms with Crippen molar-refractivity contribution in [1.29, 1.82) is 0 Å². The molecule has 1 N–H and O–H groups in total. The number of amides is 1. The van der Waals surface area contributed by atoms with Crippen LogP contribution in [-0.4, -0.2) is 37.1 Å². The molecule has 2 heterocycles. The molecule has 0 aliphatic rings. The first-order valence-corrected chi connectivity index (χ1v) is 11.2. The molecule has 0 spiro atoms. The largest absolute Gasteiger partial charge is 0.272 e. The molecule has 0 atom stereocenters. The lowest BCUT2D eigenvalue weighted by atomic mass is 10.1. The third kappa shape index (κ3) is 5.63. The second-order valence-corrected chi connectivity index (χ2v) is 8.26. The van der Waals surface area contributed by atoms with E-state index in [2.05, 4.69) is 25.7 Å². The van der Waals surface area contributed by atoms with Crippen molar-refractivity contribution >= 4 is 35.0 Å². The van der Waals surface area contributed by atoms with Crippen LogP contribution in [0.5, 0.6) is 0 Å². The minimum Gasteiger partial charge on any atom is -0.272 e. The molecule has 0 aliphatic heterocycles. The van der Waals surface area contributed by atoms with Crippen LogP contribution in [0, 0.1) is 5.82 Å². The van der Waals surface area contributed by atoms with Crippen LogP contribution in [-0.2, 0) is 4.79 Å². The van der Waals surface area contributed by atoms with Crippen LogP contribution in [0.4, 0.5) is 4.39 Å². The van der Waals surface area contributed by atoms with Gasteiger partial charge in [0.2, 0.25) is 0 Å². The highest BCUT2D eigenvalue weighted by Gasteiger charge is 2.17. The average molecular weight is 481 g/mol. The summed E-state index contributed by atoms with van der Waals surface area (Å²) in [7, 11) is 0. The van der Waals surface area contributed by atoms with Crippen molar-refractivity contribution in [3.8, 4) is 17.1 Å². The SMILES string of the molecule is C/C(=N/NC(=O)CSc1nnc(-c2ccncc2)n1-c1ccc(Cl)cc1)c1ccc(F)cc1. The molecule has 0 saturated heterocycles. The Morgan fingerprint density at radius 1 is 1.06 bits per heavy atom. The Balaban J connectivity index is 1.51. The van der Waals surface area contributed by atoms with Gasteiger partial charge in [-0.15, -0.1) is 10.2 Å². The number of hydrogen-bond donors (Lipinski definition) is 1. The molecular weight excluding hydrogens is 463 g/mol. The molecule has 2 aromatic carbocycles. The molecule has 7 nitrogen and oxygen atoms in total. The quantitative estimate of drug-likeness (QED) is 0.234. The molecule has 1 amide bonds. The van der Waals surface area contributed by atoms with Crippen molar-refractivity contribution in [2.45, 2.75) is 12.1 Å². The van der Waals surface area contributed by atoms with E-state index in [1.54, 1.807) is 43.6 Å². The van der Waals surface area contributed by atoms with Gasteiger partial charge in [0.15, 0.2) is 11.0 Å². The summed E-state index contributed by atoms with van der Waals surface area (Å²) < 4.78 is 14.9. The van der Waals surface area contributed by atoms with E-state index in [9.17, 15) is 9.18 Å². The van der Waals surface area contributed by atoms with E-state index in [1.807, 2.05) is 28.8 Å². The van der Waals surface area contributed by atoms with Gasteiger partial charge in [0, 0.05) is 28.7 Å². The molecule has 10 heteroatoms. The maximum atomic E-state index is 13.1. The van der Waals surface area contributed by atoms with E-state index in [0.717, 1.165) is 11.3 Å². The Labute approximate surface area is 198 Å². The minimum atomic E-state index is -0.331. The number of hydrazone groups is 1. The number of halogens is 2. The lowest BCUT2D eigenvalue weighted by molar-refractivity contribution is -0.118. The Morgan fingerprint density at radius 3 is 2.45 bits per heavy atom. The Hall–Kier alpha value is -3.56. The van der Waals surface area contributed by atoms with Crippen LogP contribution in [0.25, 0.3) is 17.1 Å². The van der Waals surface area contributed by atoms with Gasteiger partial charge in [-0.25, -0.2) is 9.82 Å². The zero-order valence-electron chi connectivity index (χ0n) is 17.4. The van der Waals surface area contributed by atoms with Gasteiger partial charge in [-0.05, 0) is 61.0 Å². The number of aromatic nitrogens is 4. The van der Waals surface area contributed by atoms with Gasteiger partial charge in [-0.2, -0.15) is 5.10 Å². The highest BCUT2D eigenvalue weighted by atomic mass is 35.5. The van der Waals surface area contributed by atoms with E-state index in [1.165, 1.54) is 23.9 Å². The number of nitrogens with zero attached hydrogens (tertiary/aromatic N) is 5. The third-order valence-electron chi connectivity index (χ3n) is 4.60. The first kappa shape index (κ1) is 22.6. The van der Waals surface area contributed by atoms with Gasteiger partial charge < -0.3 is 0 Å². The van der Waals surface area contributed by atoms with Crippen LogP contribution in [0.15, 0.2) is 83.3 Å². The zero-order chi connectivity index (χ0) is 23.2. The number of hydrogen-bond acceptors (Lipinski definition) is 6. The normalized spacial score (nSPS) is 11.4. The maximum absolute atomic E-state index is 13.1. The predicted octanol–water partition coefficient (Wildman–Crippen LogP) is 4.75. The van der Waals surface area contributed by atoms with Crippen LogP contribution >= 0.6 is 23.4 Å². The number of nitrogens with one attached hydrogen (secondary N) is 1. The summed E-state index contributed by atoms with van der Waals surface area (Å²) in [6.07, 6.45) is 3.36. The second-order valence-electron chi connectivity index (χ2n) is 6.88. The summed E-state index contributed by atoms with van der Waals surface area (Å²) in [4.78, 5) is 16.4. The van der Waals surface area contributed by atoms with Crippen molar-refractivity contribution in [3.63, 3.8) is 0 Å². The lowest BCUT2D eigenvalue weighted by Gasteiger charge is -2.10. The minimum absolute atomic E-state index is 0.0717. The molecule has 2 aromatic heterocycles. The number of carbonyl (C=O) groups is 1. The van der Waals surface area contributed by atoms with Crippen LogP contribution in [0.1, 0.15) is 12.5 Å². The van der Waals surface area contributed by atoms with Gasteiger partial charge in [-0.3, -0.25) is 14.3 Å². The average Bonchev–Trinajstić information content (AvgIpc) is 3.26. The van der Waals surface area contributed by atoms with E-state index in [0.29, 0.717) is 27.3 Å². The highest BCUT2D eigenvalue weighted by molar-refractivity contribution is 7.99. The Morgan fingerprint density at radius 2 is 1.76 bits per heavy atom. The molecule has 0 radical (unpaired) electrons. The summed E-state index contributed by atoms with van der Waals surface area (Å²) in [5, 5.41) is 13.9. The van der Waals surface area contributed by atoms with Gasteiger partial charge in [0.05, 0.1) is 11.5 Å². The van der Waals surface area contributed by atoms with E-state index in [4.69, 9.17) is 11.6 Å². The zero-order valence-corrected chi connectivity index (χ0v) is 19.0. The summed E-state index contributed by atoms with van der Waals surface area (Å²) in [5.74, 6) is 0.0516. The second kappa shape index (κ2) is 10.4. The standard InChI is InChI=1S/C23H18ClFN6OS/c1-15(16-2-6-19(25)7-3-16)27-28-21(32)14-33-23-30-29-22(17-10-12-26-13-11-17)31(23)20-8-4-18(24)5-9-20/h2-13H,14H2,1H3,(H,28,32)/b27-15-. The Bertz CT molecular complexity index is 1280. The van der Waals surface area contributed by atoms with E-state index < -0.39 is 0 Å². The first-order chi connectivity index (χ1) is 16.0. The summed E-state index contributed by atoms with van der Waals surface area (Å²) in [6, 6.07) is 16.8. The number of thioether (sulfide) groups is 1. The molecule has 4 aromatic rings. The summed E-state index contributed by atoms with van der Waals surface area (Å²) >= 11 is 7.28. The molecule has 0 bridgehead atoms. The van der Waals surface area contributed by atoms with Crippen molar-refractivity contribution in [1.82, 2.24) is 25.2 Å². The van der Waals surface area contributed by atoms with Crippen molar-refractivity contribution < 1.29 is 9.18 Å². The van der Waals surface area contributed by atoms with Gasteiger partial charge in [-0.1, -0.05) is 35.5 Å². The summed E-state index contributed by atoms with van der Waals surface area (Å²) in [6.45, 7) is 1.73. The monoisotopic (exact) mass is 480 g/mol. The number of pyridine rings is 1. The molecule has 33 heavy (non-hydrogen) atoms. The predicted molar refractivity (Wildman–Crippen MR) is 127 cm³/mol. The van der Waals surface area contributed by atoms with Gasteiger partial charge in [0.25, 0.3) is 5.91 Å². The first-order valence-electron chi connectivity index (χ1n) is 9.85. The van der Waals surface area contributed by atoms with Crippen molar-refractivity contribution in [2.75, 3.05) is 5.75 Å². The third-order valence-corrected chi connectivity index (χ3v) is 5.78. The topological polar surface area (TPSA) is 85.1 Å². The molecule has 0 fully saturated rings. The molecule has 0 saturated carbocycles.